The third-order valence-electron chi connectivity index (χ3n) is 5.94. The van der Waals surface area contributed by atoms with Gasteiger partial charge >= 0.3 is 5.97 Å². The minimum Gasteiger partial charge on any atom is -0.460 e. The van der Waals surface area contributed by atoms with Crippen LogP contribution in [0, 0.1) is 17.8 Å². The van der Waals surface area contributed by atoms with Crippen molar-refractivity contribution in [2.45, 2.75) is 91.1 Å². The van der Waals surface area contributed by atoms with Gasteiger partial charge in [0.2, 0.25) is 0 Å². The Balaban J connectivity index is 5.18. The molecule has 0 amide bonds. The largest absolute Gasteiger partial charge is 0.460 e. The number of carbonyl (C=O) groups is 1. The average molecular weight is 401 g/mol. The second-order valence-corrected chi connectivity index (χ2v) is 8.08. The molecule has 5 unspecified atom stereocenters. The molecule has 0 aliphatic rings. The first-order valence-corrected chi connectivity index (χ1v) is 10.7. The van der Waals surface area contributed by atoms with E-state index in [0.29, 0.717) is 5.92 Å². The van der Waals surface area contributed by atoms with Gasteiger partial charge in [0.05, 0.1) is 0 Å². The van der Waals surface area contributed by atoms with Gasteiger partial charge in [-0.15, -0.1) is 6.58 Å². The Labute approximate surface area is 173 Å². The van der Waals surface area contributed by atoms with Crippen LogP contribution in [0.1, 0.15) is 73.1 Å². The Morgan fingerprint density at radius 1 is 1.07 bits per heavy atom. The molecule has 0 bridgehead atoms. The first-order valence-electron chi connectivity index (χ1n) is 10.7. The summed E-state index contributed by atoms with van der Waals surface area (Å²) in [4.78, 5) is 12.3. The number of allylic oxidation sites excluding steroid dienone is 1. The fraction of sp³-hybridized carbons (Fsp3) is 0.870. The highest BCUT2D eigenvalue weighted by atomic mass is 16.7. The molecule has 0 aromatic carbocycles. The van der Waals surface area contributed by atoms with Crippen molar-refractivity contribution < 1.29 is 23.7 Å². The maximum Gasteiger partial charge on any atom is 0.335 e. The molecule has 0 saturated carbocycles. The molecule has 0 saturated heterocycles. The Hall–Kier alpha value is -0.910. The molecule has 0 aromatic heterocycles. The van der Waals surface area contributed by atoms with Gasteiger partial charge in [-0.3, -0.25) is 0 Å². The van der Waals surface area contributed by atoms with Crippen molar-refractivity contribution in [2.75, 3.05) is 21.3 Å². The molecule has 0 fully saturated rings. The van der Waals surface area contributed by atoms with E-state index >= 15 is 0 Å². The smallest absolute Gasteiger partial charge is 0.335 e. The summed E-state index contributed by atoms with van der Waals surface area (Å²) in [5.41, 5.74) is 0. The van der Waals surface area contributed by atoms with Crippen LogP contribution in [0.15, 0.2) is 12.7 Å². The van der Waals surface area contributed by atoms with Crippen molar-refractivity contribution in [1.82, 2.24) is 0 Å². The molecular weight excluding hydrogens is 356 g/mol. The van der Waals surface area contributed by atoms with E-state index in [1.807, 2.05) is 6.08 Å². The molecular formula is C23H44O5. The molecule has 0 heterocycles. The quantitative estimate of drug-likeness (QED) is 0.198. The van der Waals surface area contributed by atoms with Crippen LogP contribution in [0.3, 0.4) is 0 Å². The van der Waals surface area contributed by atoms with Crippen LogP contribution in [-0.4, -0.2) is 45.3 Å². The summed E-state index contributed by atoms with van der Waals surface area (Å²) in [6.45, 7) is 14.2. The summed E-state index contributed by atoms with van der Waals surface area (Å²) in [6, 6.07) is 0. The van der Waals surface area contributed by atoms with Crippen LogP contribution in [0.2, 0.25) is 0 Å². The number of hydrogen-bond donors (Lipinski definition) is 0. The number of ether oxygens (including phenoxy) is 4. The van der Waals surface area contributed by atoms with E-state index in [9.17, 15) is 4.79 Å². The maximum atomic E-state index is 12.3. The zero-order valence-electron chi connectivity index (χ0n) is 19.5. The second-order valence-electron chi connectivity index (χ2n) is 8.08. The van der Waals surface area contributed by atoms with Gasteiger partial charge in [-0.2, -0.15) is 0 Å². The molecule has 0 aromatic rings. The van der Waals surface area contributed by atoms with Crippen molar-refractivity contribution >= 4 is 5.97 Å². The van der Waals surface area contributed by atoms with Gasteiger partial charge in [-0.25, -0.2) is 4.79 Å². The lowest BCUT2D eigenvalue weighted by Gasteiger charge is -2.37. The number of unbranched alkanes of at least 4 members (excludes halogenated alkanes) is 1. The molecule has 0 N–H and O–H groups in total. The SMILES string of the molecule is C=CC(C)CC(C)C(CCC(C)C(CCCC)(OC)OC)OC(=O)C(C)OC. The van der Waals surface area contributed by atoms with Gasteiger partial charge in [0.1, 0.15) is 6.10 Å². The van der Waals surface area contributed by atoms with Gasteiger partial charge in [-0.1, -0.05) is 40.2 Å². The molecule has 0 aliphatic carbocycles. The number of esters is 1. The standard InChI is InChI=1S/C23H44O5/c1-10-12-15-23(26-8,27-9)19(5)13-14-21(18(4)16-17(3)11-2)28-22(24)20(6)25-7/h11,17-21H,2,10,12-16H2,1,3-9H3. The molecule has 0 radical (unpaired) electrons. The lowest BCUT2D eigenvalue weighted by Crippen LogP contribution is -2.41. The number of rotatable bonds is 16. The molecule has 5 atom stereocenters. The lowest BCUT2D eigenvalue weighted by molar-refractivity contribution is -0.243. The number of carbonyl (C=O) groups excluding carboxylic acids is 1. The zero-order valence-corrected chi connectivity index (χ0v) is 19.5. The predicted octanol–water partition coefficient (Wildman–Crippen LogP) is 5.38. The summed E-state index contributed by atoms with van der Waals surface area (Å²) < 4.78 is 22.6. The van der Waals surface area contributed by atoms with Crippen LogP contribution in [0.4, 0.5) is 0 Å². The lowest BCUT2D eigenvalue weighted by atomic mass is 9.85. The monoisotopic (exact) mass is 400 g/mol. The summed E-state index contributed by atoms with van der Waals surface area (Å²) >= 11 is 0. The highest BCUT2D eigenvalue weighted by Gasteiger charge is 2.36. The Bertz CT molecular complexity index is 433. The predicted molar refractivity (Wildman–Crippen MR) is 114 cm³/mol. The van der Waals surface area contributed by atoms with Crippen LogP contribution in [-0.2, 0) is 23.7 Å². The average Bonchev–Trinajstić information content (AvgIpc) is 2.70. The van der Waals surface area contributed by atoms with Crippen LogP contribution >= 0.6 is 0 Å². The fourth-order valence-corrected chi connectivity index (χ4v) is 3.63. The van der Waals surface area contributed by atoms with Gasteiger partial charge in [-0.05, 0) is 44.4 Å². The summed E-state index contributed by atoms with van der Waals surface area (Å²) in [6.07, 6.45) is 6.72. The van der Waals surface area contributed by atoms with E-state index in [0.717, 1.165) is 38.5 Å². The second kappa shape index (κ2) is 14.1. The van der Waals surface area contributed by atoms with E-state index in [-0.39, 0.29) is 23.9 Å². The summed E-state index contributed by atoms with van der Waals surface area (Å²) in [5, 5.41) is 0. The van der Waals surface area contributed by atoms with Crippen molar-refractivity contribution in [1.29, 1.82) is 0 Å². The zero-order chi connectivity index (χ0) is 21.7. The van der Waals surface area contributed by atoms with E-state index in [4.69, 9.17) is 18.9 Å². The molecule has 0 spiro atoms. The van der Waals surface area contributed by atoms with E-state index in [1.54, 1.807) is 21.1 Å². The Kier molecular flexibility index (Phi) is 13.7. The summed E-state index contributed by atoms with van der Waals surface area (Å²) in [5.74, 6) is -0.131. The molecule has 0 rings (SSSR count). The molecule has 5 nitrogen and oxygen atoms in total. The maximum absolute atomic E-state index is 12.3. The number of methoxy groups -OCH3 is 3. The van der Waals surface area contributed by atoms with Crippen LogP contribution < -0.4 is 0 Å². The molecule has 28 heavy (non-hydrogen) atoms. The van der Waals surface area contributed by atoms with E-state index in [2.05, 4.69) is 34.3 Å². The minimum atomic E-state index is -0.595. The van der Waals surface area contributed by atoms with Crippen molar-refractivity contribution in [2.24, 2.45) is 17.8 Å². The summed E-state index contributed by atoms with van der Waals surface area (Å²) in [7, 11) is 4.94. The van der Waals surface area contributed by atoms with Crippen LogP contribution in [0.5, 0.6) is 0 Å². The molecule has 166 valence electrons. The first-order chi connectivity index (χ1) is 13.2. The Morgan fingerprint density at radius 3 is 2.14 bits per heavy atom. The number of hydrogen-bond acceptors (Lipinski definition) is 5. The van der Waals surface area contributed by atoms with Crippen molar-refractivity contribution in [3.05, 3.63) is 12.7 Å². The molecule has 0 aliphatic heterocycles. The molecule has 5 heteroatoms. The first kappa shape index (κ1) is 27.1. The fourth-order valence-electron chi connectivity index (χ4n) is 3.63. The normalized spacial score (nSPS) is 17.4. The van der Waals surface area contributed by atoms with Gasteiger partial charge in [0, 0.05) is 33.7 Å². The van der Waals surface area contributed by atoms with Gasteiger partial charge < -0.3 is 18.9 Å². The third kappa shape index (κ3) is 8.62. The Morgan fingerprint density at radius 2 is 1.68 bits per heavy atom. The van der Waals surface area contributed by atoms with Crippen LogP contribution in [0.25, 0.3) is 0 Å². The minimum absolute atomic E-state index is 0.174. The van der Waals surface area contributed by atoms with Gasteiger partial charge in [0.15, 0.2) is 11.9 Å². The van der Waals surface area contributed by atoms with Crippen molar-refractivity contribution in [3.63, 3.8) is 0 Å². The van der Waals surface area contributed by atoms with Crippen molar-refractivity contribution in [3.8, 4) is 0 Å². The highest BCUT2D eigenvalue weighted by Crippen LogP contribution is 2.33. The third-order valence-corrected chi connectivity index (χ3v) is 5.94. The van der Waals surface area contributed by atoms with Gasteiger partial charge in [0.25, 0.3) is 0 Å². The van der Waals surface area contributed by atoms with E-state index in [1.165, 1.54) is 7.11 Å². The topological polar surface area (TPSA) is 54.0 Å². The van der Waals surface area contributed by atoms with E-state index < -0.39 is 11.9 Å². The highest BCUT2D eigenvalue weighted by molar-refractivity contribution is 5.74.